The monoisotopic (exact) mass is 461 g/mol. The van der Waals surface area contributed by atoms with Gasteiger partial charge in [0.05, 0.1) is 22.0 Å². The molecule has 1 N–H and O–H groups in total. The van der Waals surface area contributed by atoms with Gasteiger partial charge in [-0.3, -0.25) is 4.79 Å². The molecule has 31 heavy (non-hydrogen) atoms. The topological polar surface area (TPSA) is 58.4 Å². The van der Waals surface area contributed by atoms with Gasteiger partial charge in [0.2, 0.25) is 0 Å². The number of carbonyl (C=O) groups excluding carboxylic acids is 1. The third-order valence-corrected chi connectivity index (χ3v) is 6.18. The molecule has 2 aromatic heterocycles. The lowest BCUT2D eigenvalue weighted by atomic mass is 9.92. The van der Waals surface area contributed by atoms with Crippen LogP contribution in [0.25, 0.3) is 11.5 Å². The number of furan rings is 1. The number of nitrogens with zero attached hydrogens (tertiary/aromatic N) is 2. The molecule has 1 aromatic carbocycles. The number of rotatable bonds is 6. The van der Waals surface area contributed by atoms with Crippen LogP contribution in [0.4, 0.5) is 4.39 Å². The number of amides is 1. The van der Waals surface area contributed by atoms with E-state index in [1.807, 2.05) is 30.3 Å². The standard InChI is InChI=1S/C23H22Cl2FN3O2/c24-18-7-6-16(13-19(18)25)22(30)29-10-8-23(26,9-11-29)15-27-14-17-3-1-4-20(28-17)21-5-2-12-31-21/h1-7,12-13,27H,8-11,14-15H2. The molecule has 1 aliphatic heterocycles. The maximum absolute atomic E-state index is 15.3. The molecule has 162 valence electrons. The van der Waals surface area contributed by atoms with E-state index < -0.39 is 5.67 Å². The van der Waals surface area contributed by atoms with Crippen molar-refractivity contribution in [1.29, 1.82) is 0 Å². The molecule has 3 heterocycles. The molecule has 0 spiro atoms. The van der Waals surface area contributed by atoms with Gasteiger partial charge >= 0.3 is 0 Å². The van der Waals surface area contributed by atoms with Crippen LogP contribution in [0.2, 0.25) is 10.0 Å². The minimum absolute atomic E-state index is 0.160. The van der Waals surface area contributed by atoms with Gasteiger partial charge < -0.3 is 14.6 Å². The number of hydrogen-bond donors (Lipinski definition) is 1. The molecule has 0 unspecified atom stereocenters. The number of nitrogens with one attached hydrogen (secondary N) is 1. The maximum Gasteiger partial charge on any atom is 0.253 e. The molecular formula is C23H22Cl2FN3O2. The summed E-state index contributed by atoms with van der Waals surface area (Å²) in [5.41, 5.74) is 0.645. The molecule has 0 saturated carbocycles. The lowest BCUT2D eigenvalue weighted by molar-refractivity contribution is 0.0434. The van der Waals surface area contributed by atoms with Crippen LogP contribution < -0.4 is 5.32 Å². The molecule has 0 radical (unpaired) electrons. The molecule has 4 rings (SSSR count). The van der Waals surface area contributed by atoms with Gasteiger partial charge in [0, 0.05) is 44.6 Å². The van der Waals surface area contributed by atoms with Crippen molar-refractivity contribution in [2.75, 3.05) is 19.6 Å². The SMILES string of the molecule is O=C(c1ccc(Cl)c(Cl)c1)N1CCC(F)(CNCc2cccc(-c3ccco3)n2)CC1. The maximum atomic E-state index is 15.3. The van der Waals surface area contributed by atoms with Crippen molar-refractivity contribution < 1.29 is 13.6 Å². The smallest absolute Gasteiger partial charge is 0.253 e. The first-order valence-electron chi connectivity index (χ1n) is 10.1. The number of alkyl halides is 1. The highest BCUT2D eigenvalue weighted by atomic mass is 35.5. The number of halogens is 3. The Morgan fingerprint density at radius 1 is 1.13 bits per heavy atom. The van der Waals surface area contributed by atoms with E-state index >= 15 is 4.39 Å². The number of hydrogen-bond acceptors (Lipinski definition) is 4. The third kappa shape index (κ3) is 5.26. The Kier molecular flexibility index (Phi) is 6.60. The van der Waals surface area contributed by atoms with Crippen LogP contribution in [-0.4, -0.2) is 41.1 Å². The zero-order valence-corrected chi connectivity index (χ0v) is 18.3. The number of aromatic nitrogens is 1. The van der Waals surface area contributed by atoms with Gasteiger partial charge in [-0.2, -0.15) is 0 Å². The Morgan fingerprint density at radius 3 is 2.65 bits per heavy atom. The van der Waals surface area contributed by atoms with E-state index in [1.54, 1.807) is 29.4 Å². The Balaban J connectivity index is 1.28. The van der Waals surface area contributed by atoms with E-state index in [4.69, 9.17) is 27.6 Å². The van der Waals surface area contributed by atoms with Gasteiger partial charge in [0.25, 0.3) is 5.91 Å². The third-order valence-electron chi connectivity index (χ3n) is 5.44. The number of likely N-dealkylation sites (tertiary alicyclic amines) is 1. The molecule has 0 bridgehead atoms. The average Bonchev–Trinajstić information content (AvgIpc) is 3.31. The number of piperidine rings is 1. The average molecular weight is 462 g/mol. The summed E-state index contributed by atoms with van der Waals surface area (Å²) in [4.78, 5) is 18.9. The normalized spacial score (nSPS) is 15.8. The number of benzene rings is 1. The molecule has 3 aromatic rings. The Morgan fingerprint density at radius 2 is 1.94 bits per heavy atom. The molecule has 1 saturated heterocycles. The first-order valence-corrected chi connectivity index (χ1v) is 10.8. The Hall–Kier alpha value is -2.41. The van der Waals surface area contributed by atoms with Gasteiger partial charge in [0.1, 0.15) is 11.4 Å². The summed E-state index contributed by atoms with van der Waals surface area (Å²) in [5.74, 6) is 0.537. The predicted molar refractivity (Wildman–Crippen MR) is 119 cm³/mol. The van der Waals surface area contributed by atoms with Crippen molar-refractivity contribution >= 4 is 29.1 Å². The van der Waals surface area contributed by atoms with E-state index in [2.05, 4.69) is 10.3 Å². The zero-order valence-electron chi connectivity index (χ0n) is 16.8. The second-order valence-electron chi connectivity index (χ2n) is 7.67. The van der Waals surface area contributed by atoms with Crippen LogP contribution >= 0.6 is 23.2 Å². The second kappa shape index (κ2) is 9.39. The van der Waals surface area contributed by atoms with E-state index in [-0.39, 0.29) is 25.3 Å². The van der Waals surface area contributed by atoms with E-state index in [9.17, 15) is 4.79 Å². The fraction of sp³-hybridized carbons (Fsp3) is 0.304. The van der Waals surface area contributed by atoms with Crippen molar-refractivity contribution in [2.45, 2.75) is 25.1 Å². The first-order chi connectivity index (χ1) is 14.9. The lowest BCUT2D eigenvalue weighted by Crippen LogP contribution is -2.48. The van der Waals surface area contributed by atoms with Crippen molar-refractivity contribution in [1.82, 2.24) is 15.2 Å². The van der Waals surface area contributed by atoms with Crippen molar-refractivity contribution in [3.05, 3.63) is 76.1 Å². The fourth-order valence-corrected chi connectivity index (χ4v) is 3.95. The van der Waals surface area contributed by atoms with Crippen molar-refractivity contribution in [2.24, 2.45) is 0 Å². The van der Waals surface area contributed by atoms with Gasteiger partial charge in [-0.15, -0.1) is 0 Å². The second-order valence-corrected chi connectivity index (χ2v) is 8.48. The molecule has 1 aliphatic rings. The van der Waals surface area contributed by atoms with Crippen molar-refractivity contribution in [3.8, 4) is 11.5 Å². The van der Waals surface area contributed by atoms with Crippen LogP contribution in [-0.2, 0) is 6.54 Å². The first kappa shape index (κ1) is 21.8. The molecule has 8 heteroatoms. The fourth-order valence-electron chi connectivity index (χ4n) is 3.65. The summed E-state index contributed by atoms with van der Waals surface area (Å²) in [6.45, 7) is 1.35. The summed E-state index contributed by atoms with van der Waals surface area (Å²) < 4.78 is 20.6. The number of pyridine rings is 1. The van der Waals surface area contributed by atoms with Gasteiger partial charge in [-0.1, -0.05) is 29.3 Å². The quantitative estimate of drug-likeness (QED) is 0.534. The highest BCUT2D eigenvalue weighted by Gasteiger charge is 2.36. The minimum Gasteiger partial charge on any atom is -0.463 e. The van der Waals surface area contributed by atoms with Gasteiger partial charge in [-0.05, 0) is 42.5 Å². The van der Waals surface area contributed by atoms with Crippen LogP contribution in [0.5, 0.6) is 0 Å². The largest absolute Gasteiger partial charge is 0.463 e. The highest BCUT2D eigenvalue weighted by Crippen LogP contribution is 2.28. The molecule has 1 amide bonds. The molecule has 0 atom stereocenters. The van der Waals surface area contributed by atoms with Crippen LogP contribution in [0, 0.1) is 0 Å². The molecule has 5 nitrogen and oxygen atoms in total. The van der Waals surface area contributed by atoms with E-state index in [0.717, 1.165) is 11.4 Å². The van der Waals surface area contributed by atoms with Crippen molar-refractivity contribution in [3.63, 3.8) is 0 Å². The zero-order chi connectivity index (χ0) is 21.8. The highest BCUT2D eigenvalue weighted by molar-refractivity contribution is 6.42. The summed E-state index contributed by atoms with van der Waals surface area (Å²) in [6, 6.07) is 14.1. The summed E-state index contributed by atoms with van der Waals surface area (Å²) in [6.07, 6.45) is 2.15. The van der Waals surface area contributed by atoms with Gasteiger partial charge in [-0.25, -0.2) is 9.37 Å². The van der Waals surface area contributed by atoms with Crippen LogP contribution in [0.15, 0.2) is 59.2 Å². The van der Waals surface area contributed by atoms with Crippen LogP contribution in [0.3, 0.4) is 0 Å². The Labute approximate surface area is 190 Å². The minimum atomic E-state index is -1.37. The van der Waals surface area contributed by atoms with E-state index in [0.29, 0.717) is 41.0 Å². The molecule has 1 fully saturated rings. The predicted octanol–water partition coefficient (Wildman–Crippen LogP) is 5.38. The molecule has 0 aliphatic carbocycles. The molecular weight excluding hydrogens is 440 g/mol. The van der Waals surface area contributed by atoms with Crippen LogP contribution in [0.1, 0.15) is 28.9 Å². The Bertz CT molecular complexity index is 1050. The lowest BCUT2D eigenvalue weighted by Gasteiger charge is -2.36. The summed E-state index contributed by atoms with van der Waals surface area (Å²) >= 11 is 11.9. The van der Waals surface area contributed by atoms with E-state index in [1.165, 1.54) is 0 Å². The van der Waals surface area contributed by atoms with Gasteiger partial charge in [0.15, 0.2) is 5.76 Å². The summed E-state index contributed by atoms with van der Waals surface area (Å²) in [5, 5.41) is 3.90. The summed E-state index contributed by atoms with van der Waals surface area (Å²) in [7, 11) is 0. The number of carbonyl (C=O) groups is 1.